The van der Waals surface area contributed by atoms with Crippen molar-refractivity contribution in [1.82, 2.24) is 0 Å². The van der Waals surface area contributed by atoms with Crippen LogP contribution in [0.5, 0.6) is 0 Å². The van der Waals surface area contributed by atoms with Gasteiger partial charge in [-0.3, -0.25) is 0 Å². The summed E-state index contributed by atoms with van der Waals surface area (Å²) >= 11 is 0. The molecule has 0 amide bonds. The number of alkyl halides is 3. The second-order valence-electron chi connectivity index (χ2n) is 5.03. The van der Waals surface area contributed by atoms with Gasteiger partial charge in [-0.15, -0.1) is 0 Å². The number of hydrogen-bond donors (Lipinski definition) is 0. The van der Waals surface area contributed by atoms with Gasteiger partial charge in [0.15, 0.2) is 5.67 Å². The molecule has 0 bridgehead atoms. The fourth-order valence-electron chi connectivity index (χ4n) is 1.04. The lowest BCUT2D eigenvalue weighted by molar-refractivity contribution is -0.199. The first kappa shape index (κ1) is 12.8. The van der Waals surface area contributed by atoms with Crippen molar-refractivity contribution in [2.24, 2.45) is 11.3 Å². The predicted molar refractivity (Wildman–Crippen MR) is 48.8 cm³/mol. The number of halogens is 3. The average Bonchev–Trinajstić information content (AvgIpc) is 1.84. The van der Waals surface area contributed by atoms with Crippen LogP contribution < -0.4 is 0 Å². The van der Waals surface area contributed by atoms with Crippen molar-refractivity contribution >= 4 is 0 Å². The molecule has 0 spiro atoms. The van der Waals surface area contributed by atoms with Crippen molar-refractivity contribution in [3.8, 4) is 0 Å². The van der Waals surface area contributed by atoms with Crippen LogP contribution in [0.2, 0.25) is 0 Å². The van der Waals surface area contributed by atoms with Crippen molar-refractivity contribution in [3.63, 3.8) is 0 Å². The molecular formula is C10H19F3. The first-order valence-electron chi connectivity index (χ1n) is 4.51. The molecule has 13 heavy (non-hydrogen) atoms. The van der Waals surface area contributed by atoms with Gasteiger partial charge in [0.05, 0.1) is 0 Å². The average molecular weight is 196 g/mol. The Bertz CT molecular complexity index is 175. The van der Waals surface area contributed by atoms with Crippen LogP contribution in [0.25, 0.3) is 0 Å². The van der Waals surface area contributed by atoms with E-state index in [0.717, 1.165) is 6.92 Å². The normalized spacial score (nSPS) is 18.9. The molecule has 0 fully saturated rings. The Morgan fingerprint density at radius 3 is 1.23 bits per heavy atom. The Hall–Kier alpha value is -0.210. The summed E-state index contributed by atoms with van der Waals surface area (Å²) in [5.41, 5.74) is -3.53. The zero-order chi connectivity index (χ0) is 11.1. The zero-order valence-electron chi connectivity index (χ0n) is 9.21. The Morgan fingerprint density at radius 2 is 1.15 bits per heavy atom. The van der Waals surface area contributed by atoms with Crippen LogP contribution in [0.3, 0.4) is 0 Å². The lowest BCUT2D eigenvalue weighted by Gasteiger charge is -2.42. The van der Waals surface area contributed by atoms with Gasteiger partial charge in [-0.05, 0) is 6.92 Å². The lowest BCUT2D eigenvalue weighted by Crippen LogP contribution is -2.53. The van der Waals surface area contributed by atoms with E-state index in [2.05, 4.69) is 0 Å². The highest BCUT2D eigenvalue weighted by atomic mass is 19.3. The molecule has 1 atom stereocenters. The molecule has 0 aromatic rings. The minimum absolute atomic E-state index is 0.979. The molecule has 0 aliphatic rings. The summed E-state index contributed by atoms with van der Waals surface area (Å²) in [6.45, 7) is 8.12. The predicted octanol–water partition coefficient (Wildman–Crippen LogP) is 4.05. The van der Waals surface area contributed by atoms with Crippen LogP contribution in [-0.2, 0) is 0 Å². The maximum Gasteiger partial charge on any atom is 0.283 e. The molecular weight excluding hydrogens is 177 g/mol. The van der Waals surface area contributed by atoms with E-state index in [1.807, 2.05) is 0 Å². The van der Waals surface area contributed by atoms with Crippen molar-refractivity contribution in [1.29, 1.82) is 0 Å². The fourth-order valence-corrected chi connectivity index (χ4v) is 1.04. The molecule has 1 unspecified atom stereocenters. The molecule has 0 nitrogen and oxygen atoms in total. The molecule has 0 radical (unpaired) electrons. The van der Waals surface area contributed by atoms with E-state index < -0.39 is 22.9 Å². The second kappa shape index (κ2) is 3.18. The largest absolute Gasteiger partial charge is 0.283 e. The minimum Gasteiger partial charge on any atom is -0.237 e. The minimum atomic E-state index is -3.29. The molecule has 0 aliphatic carbocycles. The summed E-state index contributed by atoms with van der Waals surface area (Å²) in [5.74, 6) is -4.27. The van der Waals surface area contributed by atoms with Crippen molar-refractivity contribution in [3.05, 3.63) is 0 Å². The molecule has 0 aliphatic heterocycles. The van der Waals surface area contributed by atoms with Gasteiger partial charge in [-0.1, -0.05) is 34.6 Å². The number of rotatable bonds is 2. The molecule has 0 saturated heterocycles. The first-order chi connectivity index (χ1) is 5.44. The van der Waals surface area contributed by atoms with E-state index in [-0.39, 0.29) is 0 Å². The van der Waals surface area contributed by atoms with Crippen LogP contribution in [0, 0.1) is 11.3 Å². The molecule has 0 rings (SSSR count). The summed E-state index contributed by atoms with van der Waals surface area (Å²) < 4.78 is 40.8. The summed E-state index contributed by atoms with van der Waals surface area (Å²) in [5, 5.41) is 0. The third-order valence-corrected chi connectivity index (χ3v) is 2.76. The van der Waals surface area contributed by atoms with E-state index in [1.165, 1.54) is 34.6 Å². The van der Waals surface area contributed by atoms with Gasteiger partial charge in [0, 0.05) is 11.3 Å². The highest BCUT2D eigenvalue weighted by Gasteiger charge is 2.59. The second-order valence-corrected chi connectivity index (χ2v) is 5.03. The van der Waals surface area contributed by atoms with E-state index in [9.17, 15) is 13.2 Å². The fraction of sp³-hybridized carbons (Fsp3) is 1.00. The molecule has 0 heterocycles. The van der Waals surface area contributed by atoms with Crippen molar-refractivity contribution < 1.29 is 13.2 Å². The van der Waals surface area contributed by atoms with Crippen LogP contribution in [0.1, 0.15) is 41.5 Å². The maximum atomic E-state index is 13.9. The van der Waals surface area contributed by atoms with Crippen molar-refractivity contribution in [2.45, 2.75) is 53.1 Å². The van der Waals surface area contributed by atoms with E-state index in [0.29, 0.717) is 0 Å². The summed E-state index contributed by atoms with van der Waals surface area (Å²) in [6, 6.07) is 0. The highest BCUT2D eigenvalue weighted by Crippen LogP contribution is 2.48. The van der Waals surface area contributed by atoms with Gasteiger partial charge in [0.25, 0.3) is 5.92 Å². The van der Waals surface area contributed by atoms with Crippen molar-refractivity contribution in [2.75, 3.05) is 0 Å². The van der Waals surface area contributed by atoms with Gasteiger partial charge in [0.1, 0.15) is 0 Å². The molecule has 0 saturated carbocycles. The Balaban J connectivity index is 5.04. The Labute approximate surface area is 78.5 Å². The molecule has 0 aromatic heterocycles. The lowest BCUT2D eigenvalue weighted by atomic mass is 9.72. The topological polar surface area (TPSA) is 0 Å². The standard InChI is InChI=1S/C10H19F3/c1-7(2)10(12,13)9(6,11)8(3,4)5/h7H,1-6H3. The van der Waals surface area contributed by atoms with Gasteiger partial charge >= 0.3 is 0 Å². The van der Waals surface area contributed by atoms with Crippen LogP contribution in [-0.4, -0.2) is 11.6 Å². The zero-order valence-corrected chi connectivity index (χ0v) is 9.21. The van der Waals surface area contributed by atoms with Crippen LogP contribution in [0.4, 0.5) is 13.2 Å². The number of hydrogen-bond acceptors (Lipinski definition) is 0. The monoisotopic (exact) mass is 196 g/mol. The van der Waals surface area contributed by atoms with E-state index in [4.69, 9.17) is 0 Å². The van der Waals surface area contributed by atoms with E-state index >= 15 is 0 Å². The summed E-state index contributed by atoms with van der Waals surface area (Å²) in [7, 11) is 0. The van der Waals surface area contributed by atoms with E-state index in [1.54, 1.807) is 0 Å². The van der Waals surface area contributed by atoms with Crippen LogP contribution >= 0.6 is 0 Å². The van der Waals surface area contributed by atoms with Gasteiger partial charge < -0.3 is 0 Å². The highest BCUT2D eigenvalue weighted by molar-refractivity contribution is 4.99. The van der Waals surface area contributed by atoms with Crippen LogP contribution in [0.15, 0.2) is 0 Å². The third kappa shape index (κ3) is 2.00. The molecule has 0 N–H and O–H groups in total. The Kier molecular flexibility index (Phi) is 3.12. The SMILES string of the molecule is CC(C)C(F)(F)C(C)(F)C(C)(C)C. The summed E-state index contributed by atoms with van der Waals surface area (Å²) in [6.07, 6.45) is 0. The summed E-state index contributed by atoms with van der Waals surface area (Å²) in [4.78, 5) is 0. The molecule has 80 valence electrons. The Morgan fingerprint density at radius 1 is 0.846 bits per heavy atom. The third-order valence-electron chi connectivity index (χ3n) is 2.76. The van der Waals surface area contributed by atoms with Gasteiger partial charge in [-0.25, -0.2) is 13.2 Å². The molecule has 3 heteroatoms. The maximum absolute atomic E-state index is 13.9. The molecule has 0 aromatic carbocycles. The first-order valence-corrected chi connectivity index (χ1v) is 4.51. The smallest absolute Gasteiger partial charge is 0.237 e. The van der Waals surface area contributed by atoms with Gasteiger partial charge in [0.2, 0.25) is 0 Å². The van der Waals surface area contributed by atoms with Gasteiger partial charge in [-0.2, -0.15) is 0 Å². The quantitative estimate of drug-likeness (QED) is 0.625.